The van der Waals surface area contributed by atoms with E-state index in [9.17, 15) is 13.9 Å². The van der Waals surface area contributed by atoms with Gasteiger partial charge in [-0.15, -0.1) is 0 Å². The van der Waals surface area contributed by atoms with Crippen LogP contribution < -0.4 is 4.31 Å². The maximum Gasteiger partial charge on any atom is 0.256 e. The zero-order chi connectivity index (χ0) is 15.7. The van der Waals surface area contributed by atoms with Crippen LogP contribution in [-0.2, 0) is 0 Å². The molecule has 0 atom stereocenters. The molecule has 0 saturated heterocycles. The zero-order valence-corrected chi connectivity index (χ0v) is 12.8. The van der Waals surface area contributed by atoms with E-state index in [0.717, 1.165) is 11.9 Å². The smallest absolute Gasteiger partial charge is 0.256 e. The molecule has 2 heterocycles. The van der Waals surface area contributed by atoms with Crippen molar-refractivity contribution in [3.05, 3.63) is 58.7 Å². The second-order valence-corrected chi connectivity index (χ2v) is 6.01. The number of anilines is 1. The fraction of sp³-hybridized carbons (Fsp3) is 0.133. The molecule has 2 aromatic rings. The average molecular weight is 341 g/mol. The van der Waals surface area contributed by atoms with Crippen LogP contribution >= 0.6 is 23.5 Å². The third kappa shape index (κ3) is 2.76. The Bertz CT molecular complexity index is 739. The minimum absolute atomic E-state index is 0.00767. The first-order valence-corrected chi connectivity index (χ1v) is 7.60. The van der Waals surface area contributed by atoms with E-state index in [1.54, 1.807) is 36.4 Å². The third-order valence-corrected chi connectivity index (χ3v) is 4.58. The summed E-state index contributed by atoms with van der Waals surface area (Å²) in [5, 5.41) is 10.9. The van der Waals surface area contributed by atoms with Crippen molar-refractivity contribution in [2.45, 2.75) is 6.43 Å². The number of aliphatic hydroxyl groups is 1. The maximum absolute atomic E-state index is 12.8. The Morgan fingerprint density at radius 3 is 2.64 bits per heavy atom. The van der Waals surface area contributed by atoms with Crippen molar-refractivity contribution < 1.29 is 13.9 Å². The Balaban J connectivity index is 2.13. The molecule has 114 valence electrons. The van der Waals surface area contributed by atoms with Gasteiger partial charge in [0.2, 0.25) is 0 Å². The molecule has 0 radical (unpaired) electrons. The number of aliphatic hydroxyl groups excluding tert-OH is 1. The van der Waals surface area contributed by atoms with Crippen LogP contribution in [0.4, 0.5) is 14.6 Å². The molecular formula is C15H11ClF2N2OS. The van der Waals surface area contributed by atoms with Gasteiger partial charge in [0.25, 0.3) is 6.43 Å². The van der Waals surface area contributed by atoms with Crippen LogP contribution in [0.15, 0.2) is 42.6 Å². The maximum atomic E-state index is 12.8. The van der Waals surface area contributed by atoms with Crippen molar-refractivity contribution in [1.82, 2.24) is 4.98 Å². The Hall–Kier alpha value is -1.79. The minimum atomic E-state index is -2.52. The van der Waals surface area contributed by atoms with E-state index in [-0.39, 0.29) is 5.76 Å². The molecule has 7 heteroatoms. The predicted octanol–water partition coefficient (Wildman–Crippen LogP) is 4.85. The lowest BCUT2D eigenvalue weighted by molar-refractivity contribution is 0.159. The van der Waals surface area contributed by atoms with E-state index in [2.05, 4.69) is 4.98 Å². The van der Waals surface area contributed by atoms with Gasteiger partial charge >= 0.3 is 0 Å². The van der Waals surface area contributed by atoms with Crippen LogP contribution in [0.5, 0.6) is 0 Å². The lowest BCUT2D eigenvalue weighted by Crippen LogP contribution is -2.26. The molecule has 0 amide bonds. The van der Waals surface area contributed by atoms with Crippen molar-refractivity contribution in [3.8, 4) is 0 Å². The summed E-state index contributed by atoms with van der Waals surface area (Å²) in [5.41, 5.74) is 1.01. The molecule has 1 N–H and O–H groups in total. The lowest BCUT2D eigenvalue weighted by atomic mass is 10.1. The minimum Gasteiger partial charge on any atom is -0.506 e. The first-order valence-electron chi connectivity index (χ1n) is 6.45. The molecule has 0 unspecified atom stereocenters. The summed E-state index contributed by atoms with van der Waals surface area (Å²) in [5.74, 6) is 0.313. The van der Waals surface area contributed by atoms with Gasteiger partial charge in [0, 0.05) is 16.8 Å². The summed E-state index contributed by atoms with van der Waals surface area (Å²) < 4.78 is 27.0. The molecule has 3 rings (SSSR count). The van der Waals surface area contributed by atoms with Crippen molar-refractivity contribution in [2.75, 3.05) is 10.8 Å². The second kappa shape index (κ2) is 6.14. The quantitative estimate of drug-likeness (QED) is 0.810. The van der Waals surface area contributed by atoms with Gasteiger partial charge in [-0.1, -0.05) is 29.8 Å². The number of alkyl halides is 2. The fourth-order valence-electron chi connectivity index (χ4n) is 2.17. The van der Waals surface area contributed by atoms with Crippen LogP contribution in [0.3, 0.4) is 0 Å². The van der Waals surface area contributed by atoms with Gasteiger partial charge in [-0.3, -0.25) is 4.31 Å². The van der Waals surface area contributed by atoms with Crippen LogP contribution in [0.1, 0.15) is 11.1 Å². The first-order chi connectivity index (χ1) is 10.6. The highest BCUT2D eigenvalue weighted by atomic mass is 35.5. The molecule has 1 aromatic heterocycles. The number of hydrogen-bond donors (Lipinski definition) is 1. The highest BCUT2D eigenvalue weighted by Crippen LogP contribution is 2.46. The Kier molecular flexibility index (Phi) is 4.22. The topological polar surface area (TPSA) is 36.4 Å². The standard InChI is InChI=1S/C15H11ClF2N2OS/c16-11-6-2-1-4-9(11)14-13(21)10-5-3-7-19-15(10)20(22-14)8-12(17)18/h1-7,12,21H,8H2. The Morgan fingerprint density at radius 1 is 1.18 bits per heavy atom. The van der Waals surface area contributed by atoms with Crippen molar-refractivity contribution in [2.24, 2.45) is 0 Å². The number of aromatic nitrogens is 1. The summed E-state index contributed by atoms with van der Waals surface area (Å²) in [6, 6.07) is 10.3. The molecule has 0 fully saturated rings. The zero-order valence-electron chi connectivity index (χ0n) is 11.2. The summed E-state index contributed by atoms with van der Waals surface area (Å²) in [6.45, 7) is -0.490. The fourth-order valence-corrected chi connectivity index (χ4v) is 3.57. The highest BCUT2D eigenvalue weighted by molar-refractivity contribution is 8.09. The number of nitrogens with zero attached hydrogens (tertiary/aromatic N) is 2. The molecule has 0 aliphatic carbocycles. The van der Waals surface area contributed by atoms with Gasteiger partial charge in [0.1, 0.15) is 11.6 Å². The second-order valence-electron chi connectivity index (χ2n) is 4.58. The van der Waals surface area contributed by atoms with E-state index >= 15 is 0 Å². The van der Waals surface area contributed by atoms with E-state index < -0.39 is 13.0 Å². The van der Waals surface area contributed by atoms with Crippen molar-refractivity contribution in [3.63, 3.8) is 0 Å². The molecule has 0 bridgehead atoms. The number of rotatable bonds is 3. The predicted molar refractivity (Wildman–Crippen MR) is 86.1 cm³/mol. The lowest BCUT2D eigenvalue weighted by Gasteiger charge is -2.30. The van der Waals surface area contributed by atoms with Gasteiger partial charge in [-0.05, 0) is 30.1 Å². The van der Waals surface area contributed by atoms with E-state index in [0.29, 0.717) is 26.9 Å². The van der Waals surface area contributed by atoms with Gasteiger partial charge in [0.15, 0.2) is 0 Å². The van der Waals surface area contributed by atoms with E-state index in [1.807, 2.05) is 0 Å². The monoisotopic (exact) mass is 340 g/mol. The van der Waals surface area contributed by atoms with Crippen molar-refractivity contribution >= 4 is 40.0 Å². The van der Waals surface area contributed by atoms with Gasteiger partial charge < -0.3 is 5.11 Å². The van der Waals surface area contributed by atoms with Gasteiger partial charge in [-0.2, -0.15) is 0 Å². The molecule has 1 aliphatic heterocycles. The van der Waals surface area contributed by atoms with Crippen LogP contribution in [-0.4, -0.2) is 23.1 Å². The number of pyridine rings is 1. The Morgan fingerprint density at radius 2 is 1.91 bits per heavy atom. The van der Waals surface area contributed by atoms with Gasteiger partial charge in [0.05, 0.1) is 17.0 Å². The number of halogens is 3. The Labute approximate surface area is 135 Å². The van der Waals surface area contributed by atoms with E-state index in [4.69, 9.17) is 11.6 Å². The molecule has 0 spiro atoms. The first kappa shape index (κ1) is 15.1. The van der Waals surface area contributed by atoms with Gasteiger partial charge in [-0.25, -0.2) is 13.8 Å². The third-order valence-electron chi connectivity index (χ3n) is 3.12. The summed E-state index contributed by atoms with van der Waals surface area (Å²) in [4.78, 5) is 4.54. The summed E-state index contributed by atoms with van der Waals surface area (Å²) >= 11 is 7.18. The number of benzene rings is 1. The normalized spacial score (nSPS) is 14.5. The molecule has 1 aromatic carbocycles. The van der Waals surface area contributed by atoms with E-state index in [1.165, 1.54) is 10.5 Å². The average Bonchev–Trinajstić information content (AvgIpc) is 2.51. The van der Waals surface area contributed by atoms with Crippen LogP contribution in [0, 0.1) is 0 Å². The van der Waals surface area contributed by atoms with Crippen molar-refractivity contribution in [1.29, 1.82) is 0 Å². The summed E-state index contributed by atoms with van der Waals surface area (Å²) in [6.07, 6.45) is -1.01. The molecular weight excluding hydrogens is 330 g/mol. The molecule has 22 heavy (non-hydrogen) atoms. The molecule has 1 aliphatic rings. The molecule has 3 nitrogen and oxygen atoms in total. The summed E-state index contributed by atoms with van der Waals surface area (Å²) in [7, 11) is 0. The SMILES string of the molecule is OC1=C(c2ccccc2Cl)SN(CC(F)F)c2ncccc21. The molecule has 0 saturated carbocycles. The highest BCUT2D eigenvalue weighted by Gasteiger charge is 2.29. The van der Waals surface area contributed by atoms with Crippen LogP contribution in [0.25, 0.3) is 10.7 Å². The number of hydrogen-bond acceptors (Lipinski definition) is 4. The largest absolute Gasteiger partial charge is 0.506 e. The number of fused-ring (bicyclic) bond motifs is 1. The van der Waals surface area contributed by atoms with Crippen LogP contribution in [0.2, 0.25) is 5.02 Å².